The van der Waals surface area contributed by atoms with Crippen LogP contribution < -0.4 is 15.0 Å². The lowest BCUT2D eigenvalue weighted by atomic mass is 10.2. The first-order chi connectivity index (χ1) is 12.2. The third-order valence-corrected chi connectivity index (χ3v) is 4.42. The van der Waals surface area contributed by atoms with Gasteiger partial charge >= 0.3 is 6.03 Å². The molecule has 0 radical (unpaired) electrons. The molecule has 0 unspecified atom stereocenters. The number of piperazine rings is 1. The summed E-state index contributed by atoms with van der Waals surface area (Å²) in [6.07, 6.45) is 1.67. The lowest BCUT2D eigenvalue weighted by molar-refractivity contribution is 0.193. The number of ether oxygens (including phenoxy) is 1. The number of nitrogens with one attached hydrogen (secondary N) is 1. The van der Waals surface area contributed by atoms with Gasteiger partial charge < -0.3 is 24.4 Å². The van der Waals surface area contributed by atoms with E-state index < -0.39 is 0 Å². The third kappa shape index (κ3) is 4.01. The molecule has 1 N–H and O–H groups in total. The highest BCUT2D eigenvalue weighted by molar-refractivity contribution is 5.74. The van der Waals surface area contributed by atoms with Crippen molar-refractivity contribution in [1.29, 1.82) is 0 Å². The zero-order valence-electron chi connectivity index (χ0n) is 14.7. The summed E-state index contributed by atoms with van der Waals surface area (Å²) in [5, 5.41) is 10.8. The summed E-state index contributed by atoms with van der Waals surface area (Å²) >= 11 is 0. The summed E-state index contributed by atoms with van der Waals surface area (Å²) < 4.78 is 7.19. The molecule has 1 aliphatic heterocycles. The fraction of sp³-hybridized carbons (Fsp3) is 0.471. The van der Waals surface area contributed by atoms with Gasteiger partial charge in [-0.1, -0.05) is 6.07 Å². The van der Waals surface area contributed by atoms with E-state index in [-0.39, 0.29) is 6.03 Å². The molecule has 3 rings (SSSR count). The molecule has 1 saturated heterocycles. The number of anilines is 1. The van der Waals surface area contributed by atoms with Crippen molar-refractivity contribution in [3.63, 3.8) is 0 Å². The van der Waals surface area contributed by atoms with Crippen LogP contribution in [0.4, 0.5) is 10.5 Å². The van der Waals surface area contributed by atoms with Crippen LogP contribution in [0.3, 0.4) is 0 Å². The SMILES string of the molecule is CCn1cnnc1CNC(=O)N1CCN(c2cccc(OC)c2)CC1. The standard InChI is InChI=1S/C17H24N6O2/c1-3-21-13-19-20-16(21)12-18-17(24)23-9-7-22(8-10-23)14-5-4-6-15(11-14)25-2/h4-6,11,13H,3,7-10,12H2,1-2H3,(H,18,24). The smallest absolute Gasteiger partial charge is 0.317 e. The van der Waals surface area contributed by atoms with Crippen molar-refractivity contribution in [2.45, 2.75) is 20.0 Å². The van der Waals surface area contributed by atoms with E-state index in [1.54, 1.807) is 13.4 Å². The molecule has 25 heavy (non-hydrogen) atoms. The highest BCUT2D eigenvalue weighted by Gasteiger charge is 2.21. The lowest BCUT2D eigenvalue weighted by Gasteiger charge is -2.36. The van der Waals surface area contributed by atoms with Crippen molar-refractivity contribution < 1.29 is 9.53 Å². The van der Waals surface area contributed by atoms with Gasteiger partial charge in [-0.2, -0.15) is 0 Å². The number of rotatable bonds is 5. The molecular weight excluding hydrogens is 320 g/mol. The highest BCUT2D eigenvalue weighted by Crippen LogP contribution is 2.22. The molecule has 1 aromatic heterocycles. The fourth-order valence-electron chi connectivity index (χ4n) is 2.92. The van der Waals surface area contributed by atoms with E-state index in [2.05, 4.69) is 26.5 Å². The van der Waals surface area contributed by atoms with E-state index >= 15 is 0 Å². The molecule has 2 heterocycles. The number of carbonyl (C=O) groups excluding carboxylic acids is 1. The minimum atomic E-state index is -0.0593. The van der Waals surface area contributed by atoms with Crippen LogP contribution in [0, 0.1) is 0 Å². The predicted molar refractivity (Wildman–Crippen MR) is 94.7 cm³/mol. The molecule has 0 saturated carbocycles. The summed E-state index contributed by atoms with van der Waals surface area (Å²) in [6, 6.07) is 7.94. The van der Waals surface area contributed by atoms with Crippen LogP contribution in [0.15, 0.2) is 30.6 Å². The van der Waals surface area contributed by atoms with Crippen LogP contribution in [0.1, 0.15) is 12.7 Å². The Morgan fingerprint density at radius 3 is 2.80 bits per heavy atom. The number of methoxy groups -OCH3 is 1. The van der Waals surface area contributed by atoms with Crippen LogP contribution in [0.2, 0.25) is 0 Å². The van der Waals surface area contributed by atoms with E-state index in [0.29, 0.717) is 19.6 Å². The van der Waals surface area contributed by atoms with E-state index in [9.17, 15) is 4.79 Å². The van der Waals surface area contributed by atoms with Gasteiger partial charge in [0.15, 0.2) is 5.82 Å². The number of aromatic nitrogens is 3. The van der Waals surface area contributed by atoms with E-state index in [0.717, 1.165) is 36.9 Å². The monoisotopic (exact) mass is 344 g/mol. The number of benzene rings is 1. The van der Waals surface area contributed by atoms with Crippen LogP contribution >= 0.6 is 0 Å². The van der Waals surface area contributed by atoms with Gasteiger partial charge in [-0.3, -0.25) is 0 Å². The van der Waals surface area contributed by atoms with Crippen molar-refractivity contribution in [2.75, 3.05) is 38.2 Å². The molecule has 0 bridgehead atoms. The summed E-state index contributed by atoms with van der Waals surface area (Å²) in [6.45, 7) is 6.16. The Kier molecular flexibility index (Phi) is 5.37. The number of carbonyl (C=O) groups is 1. The van der Waals surface area contributed by atoms with Gasteiger partial charge in [0, 0.05) is 44.5 Å². The molecule has 0 atom stereocenters. The molecule has 2 aromatic rings. The number of amides is 2. The zero-order chi connectivity index (χ0) is 17.6. The normalized spacial score (nSPS) is 14.5. The van der Waals surface area contributed by atoms with Gasteiger partial charge in [-0.15, -0.1) is 10.2 Å². The Morgan fingerprint density at radius 1 is 1.28 bits per heavy atom. The first kappa shape index (κ1) is 17.1. The van der Waals surface area contributed by atoms with Crippen molar-refractivity contribution >= 4 is 11.7 Å². The van der Waals surface area contributed by atoms with Gasteiger partial charge in [-0.25, -0.2) is 4.79 Å². The fourth-order valence-corrected chi connectivity index (χ4v) is 2.92. The number of hydrogen-bond donors (Lipinski definition) is 1. The van der Waals surface area contributed by atoms with Crippen molar-refractivity contribution in [3.8, 4) is 5.75 Å². The molecule has 134 valence electrons. The average molecular weight is 344 g/mol. The molecule has 2 amide bonds. The van der Waals surface area contributed by atoms with Gasteiger partial charge in [0.25, 0.3) is 0 Å². The van der Waals surface area contributed by atoms with E-state index in [1.807, 2.05) is 34.6 Å². The molecule has 0 aliphatic carbocycles. The first-order valence-corrected chi connectivity index (χ1v) is 8.49. The summed E-state index contributed by atoms with van der Waals surface area (Å²) in [5.74, 6) is 1.61. The predicted octanol–water partition coefficient (Wildman–Crippen LogP) is 1.34. The lowest BCUT2D eigenvalue weighted by Crippen LogP contribution is -2.51. The Morgan fingerprint density at radius 2 is 2.08 bits per heavy atom. The molecular formula is C17H24N6O2. The minimum Gasteiger partial charge on any atom is -0.497 e. The second-order valence-corrected chi connectivity index (χ2v) is 5.87. The highest BCUT2D eigenvalue weighted by atomic mass is 16.5. The van der Waals surface area contributed by atoms with Gasteiger partial charge in [0.2, 0.25) is 0 Å². The zero-order valence-corrected chi connectivity index (χ0v) is 14.7. The summed E-state index contributed by atoms with van der Waals surface area (Å²) in [7, 11) is 1.67. The molecule has 1 aliphatic rings. The number of urea groups is 1. The van der Waals surface area contributed by atoms with Gasteiger partial charge in [0.1, 0.15) is 12.1 Å². The maximum atomic E-state index is 12.4. The van der Waals surface area contributed by atoms with Crippen LogP contribution in [0.5, 0.6) is 5.75 Å². The largest absolute Gasteiger partial charge is 0.497 e. The Labute approximate surface area is 147 Å². The summed E-state index contributed by atoms with van der Waals surface area (Å²) in [4.78, 5) is 16.5. The summed E-state index contributed by atoms with van der Waals surface area (Å²) in [5.41, 5.74) is 1.12. The van der Waals surface area contributed by atoms with Crippen molar-refractivity contribution in [1.82, 2.24) is 25.0 Å². The maximum Gasteiger partial charge on any atom is 0.317 e. The number of nitrogens with zero attached hydrogens (tertiary/aromatic N) is 5. The molecule has 1 aromatic carbocycles. The van der Waals surface area contributed by atoms with Crippen LogP contribution in [0.25, 0.3) is 0 Å². The van der Waals surface area contributed by atoms with E-state index in [4.69, 9.17) is 4.74 Å². The van der Waals surface area contributed by atoms with Crippen molar-refractivity contribution in [2.24, 2.45) is 0 Å². The van der Waals surface area contributed by atoms with Gasteiger partial charge in [0.05, 0.1) is 13.7 Å². The molecule has 1 fully saturated rings. The van der Waals surface area contributed by atoms with Crippen molar-refractivity contribution in [3.05, 3.63) is 36.4 Å². The quantitative estimate of drug-likeness (QED) is 0.886. The average Bonchev–Trinajstić information content (AvgIpc) is 3.14. The van der Waals surface area contributed by atoms with E-state index in [1.165, 1.54) is 0 Å². The Hall–Kier alpha value is -2.77. The maximum absolute atomic E-state index is 12.4. The number of aryl methyl sites for hydroxylation is 1. The third-order valence-electron chi connectivity index (χ3n) is 4.42. The molecule has 0 spiro atoms. The Balaban J connectivity index is 1.50. The number of hydrogen-bond acceptors (Lipinski definition) is 5. The molecule has 8 heteroatoms. The molecule has 8 nitrogen and oxygen atoms in total. The second-order valence-electron chi connectivity index (χ2n) is 5.87. The first-order valence-electron chi connectivity index (χ1n) is 8.49. The van der Waals surface area contributed by atoms with Gasteiger partial charge in [-0.05, 0) is 19.1 Å². The minimum absolute atomic E-state index is 0.0593. The van der Waals surface area contributed by atoms with Crippen LogP contribution in [-0.2, 0) is 13.1 Å². The topological polar surface area (TPSA) is 75.5 Å². The Bertz CT molecular complexity index is 709. The van der Waals surface area contributed by atoms with Crippen LogP contribution in [-0.4, -0.2) is 59.0 Å². The second kappa shape index (κ2) is 7.87.